The lowest BCUT2D eigenvalue weighted by atomic mass is 10.1. The highest BCUT2D eigenvalue weighted by molar-refractivity contribution is 5.98. The number of benzene rings is 1. The van der Waals surface area contributed by atoms with Gasteiger partial charge in [-0.05, 0) is 55.5 Å². The van der Waals surface area contributed by atoms with Crippen molar-refractivity contribution in [3.63, 3.8) is 0 Å². The molecule has 1 unspecified atom stereocenters. The highest BCUT2D eigenvalue weighted by Gasteiger charge is 2.31. The average Bonchev–Trinajstić information content (AvgIpc) is 2.81. The molecule has 0 aliphatic heterocycles. The first-order chi connectivity index (χ1) is 15.7. The molecule has 0 bridgehead atoms. The summed E-state index contributed by atoms with van der Waals surface area (Å²) in [6, 6.07) is 11.7. The third-order valence-corrected chi connectivity index (χ3v) is 5.13. The maximum atomic E-state index is 13.5. The molecule has 3 heterocycles. The van der Waals surface area contributed by atoms with Gasteiger partial charge in [-0.3, -0.25) is 9.78 Å². The lowest BCUT2D eigenvalue weighted by Crippen LogP contribution is -2.34. The van der Waals surface area contributed by atoms with E-state index in [0.717, 1.165) is 17.6 Å². The van der Waals surface area contributed by atoms with Crippen LogP contribution < -0.4 is 5.73 Å². The summed E-state index contributed by atoms with van der Waals surface area (Å²) < 4.78 is 38.7. The van der Waals surface area contributed by atoms with Crippen molar-refractivity contribution in [3.05, 3.63) is 89.8 Å². The third-order valence-electron chi connectivity index (χ3n) is 5.13. The van der Waals surface area contributed by atoms with Crippen LogP contribution in [0.3, 0.4) is 0 Å². The van der Waals surface area contributed by atoms with Crippen LogP contribution in [0, 0.1) is 0 Å². The number of nitrogens with zero attached hydrogens (tertiary/aromatic N) is 5. The lowest BCUT2D eigenvalue weighted by molar-refractivity contribution is -0.137. The molecule has 0 aliphatic carbocycles. The number of alkyl halides is 3. The Hall–Kier alpha value is -4.08. The maximum absolute atomic E-state index is 13.5. The molecule has 0 saturated carbocycles. The molecule has 2 N–H and O–H groups in total. The van der Waals surface area contributed by atoms with E-state index in [4.69, 9.17) is 5.73 Å². The maximum Gasteiger partial charge on any atom is 0.417 e. The molecule has 7 nitrogen and oxygen atoms in total. The van der Waals surface area contributed by atoms with E-state index in [1.165, 1.54) is 11.0 Å². The number of nitrogen functional groups attached to an aromatic ring is 1. The van der Waals surface area contributed by atoms with Crippen LogP contribution in [0.25, 0.3) is 10.9 Å². The number of aromatic nitrogens is 4. The molecular weight excluding hydrogens is 433 g/mol. The van der Waals surface area contributed by atoms with Gasteiger partial charge < -0.3 is 10.6 Å². The van der Waals surface area contributed by atoms with E-state index in [9.17, 15) is 18.0 Å². The van der Waals surface area contributed by atoms with Crippen LogP contribution in [-0.2, 0) is 12.7 Å². The van der Waals surface area contributed by atoms with Gasteiger partial charge in [0.25, 0.3) is 5.91 Å². The van der Waals surface area contributed by atoms with Crippen molar-refractivity contribution in [1.82, 2.24) is 24.8 Å². The highest BCUT2D eigenvalue weighted by Crippen LogP contribution is 2.29. The predicted octanol–water partition coefficient (Wildman–Crippen LogP) is 4.42. The van der Waals surface area contributed by atoms with Gasteiger partial charge in [0, 0.05) is 29.5 Å². The summed E-state index contributed by atoms with van der Waals surface area (Å²) in [6.07, 6.45) is -0.615. The molecule has 168 valence electrons. The summed E-state index contributed by atoms with van der Waals surface area (Å²) in [6.45, 7) is 1.72. The molecule has 1 aromatic carbocycles. The molecule has 0 spiro atoms. The zero-order valence-electron chi connectivity index (χ0n) is 17.5. The molecule has 0 aliphatic rings. The van der Waals surface area contributed by atoms with Crippen molar-refractivity contribution in [1.29, 1.82) is 0 Å². The number of amides is 1. The molecule has 1 amide bonds. The molecule has 33 heavy (non-hydrogen) atoms. The van der Waals surface area contributed by atoms with Gasteiger partial charge in [-0.25, -0.2) is 15.0 Å². The second kappa shape index (κ2) is 8.81. The Morgan fingerprint density at radius 2 is 1.82 bits per heavy atom. The Kier molecular flexibility index (Phi) is 5.91. The topological polar surface area (TPSA) is 97.9 Å². The highest BCUT2D eigenvalue weighted by atomic mass is 19.4. The Balaban J connectivity index is 1.69. The molecule has 0 fully saturated rings. The number of fused-ring (bicyclic) bond motifs is 1. The van der Waals surface area contributed by atoms with Gasteiger partial charge in [0.15, 0.2) is 0 Å². The summed E-state index contributed by atoms with van der Waals surface area (Å²) in [7, 11) is 0. The second-order valence-electron chi connectivity index (χ2n) is 7.40. The van der Waals surface area contributed by atoms with E-state index in [0.29, 0.717) is 28.4 Å². The standard InChI is InChI=1S/C23H19F3N6O/c1-14(21-28-9-2-10-29-21)32(13-18-6-5-17(12-30-18)23(24,25)26)22(33)16-3-7-19-15(11-16)4-8-20(27)31-19/h2-12,14H,13H2,1H3,(H2,27,31). The van der Waals surface area contributed by atoms with Crippen molar-refractivity contribution >= 4 is 22.6 Å². The van der Waals surface area contributed by atoms with Gasteiger partial charge in [-0.15, -0.1) is 0 Å². The van der Waals surface area contributed by atoms with Crippen LogP contribution in [-0.4, -0.2) is 30.7 Å². The number of pyridine rings is 2. The number of rotatable bonds is 5. The molecular formula is C23H19F3N6O. The summed E-state index contributed by atoms with van der Waals surface area (Å²) >= 11 is 0. The molecule has 0 radical (unpaired) electrons. The van der Waals surface area contributed by atoms with Crippen molar-refractivity contribution in [2.75, 3.05) is 5.73 Å². The van der Waals surface area contributed by atoms with Crippen LogP contribution in [0.4, 0.5) is 19.0 Å². The van der Waals surface area contributed by atoms with Crippen LogP contribution in [0.2, 0.25) is 0 Å². The Bertz CT molecular complexity index is 1280. The predicted molar refractivity (Wildman–Crippen MR) is 116 cm³/mol. The fourth-order valence-electron chi connectivity index (χ4n) is 3.35. The molecule has 10 heteroatoms. The van der Waals surface area contributed by atoms with Crippen molar-refractivity contribution in [3.8, 4) is 0 Å². The molecule has 1 atom stereocenters. The second-order valence-corrected chi connectivity index (χ2v) is 7.40. The first kappa shape index (κ1) is 22.1. The van der Waals surface area contributed by atoms with Gasteiger partial charge in [0.05, 0.1) is 29.4 Å². The molecule has 3 aromatic heterocycles. The minimum atomic E-state index is -4.49. The normalized spacial score (nSPS) is 12.5. The van der Waals surface area contributed by atoms with Crippen LogP contribution >= 0.6 is 0 Å². The zero-order valence-corrected chi connectivity index (χ0v) is 17.5. The van der Waals surface area contributed by atoms with Gasteiger partial charge >= 0.3 is 6.18 Å². The van der Waals surface area contributed by atoms with E-state index in [-0.39, 0.29) is 12.5 Å². The largest absolute Gasteiger partial charge is 0.417 e. The monoisotopic (exact) mass is 452 g/mol. The van der Waals surface area contributed by atoms with E-state index < -0.39 is 17.8 Å². The van der Waals surface area contributed by atoms with Crippen LogP contribution in [0.15, 0.2) is 67.1 Å². The van der Waals surface area contributed by atoms with Crippen molar-refractivity contribution in [2.45, 2.75) is 25.7 Å². The van der Waals surface area contributed by atoms with E-state index in [1.807, 2.05) is 0 Å². The fraction of sp³-hybridized carbons (Fsp3) is 0.174. The minimum Gasteiger partial charge on any atom is -0.384 e. The number of nitrogens with two attached hydrogens (primary N) is 1. The number of hydrogen-bond donors (Lipinski definition) is 1. The fourth-order valence-corrected chi connectivity index (χ4v) is 3.35. The van der Waals surface area contributed by atoms with Gasteiger partial charge in [-0.1, -0.05) is 0 Å². The van der Waals surface area contributed by atoms with Gasteiger partial charge in [0.2, 0.25) is 0 Å². The Labute approximate surface area is 187 Å². The smallest absolute Gasteiger partial charge is 0.384 e. The lowest BCUT2D eigenvalue weighted by Gasteiger charge is -2.28. The van der Waals surface area contributed by atoms with Gasteiger partial charge in [-0.2, -0.15) is 13.2 Å². The number of carbonyl (C=O) groups is 1. The zero-order chi connectivity index (χ0) is 23.6. The number of carbonyl (C=O) groups excluding carboxylic acids is 1. The van der Waals surface area contributed by atoms with Crippen LogP contribution in [0.1, 0.15) is 40.4 Å². The molecule has 0 saturated heterocycles. The first-order valence-electron chi connectivity index (χ1n) is 9.98. The summed E-state index contributed by atoms with van der Waals surface area (Å²) in [5.41, 5.74) is 6.18. The average molecular weight is 452 g/mol. The van der Waals surface area contributed by atoms with E-state index in [1.54, 1.807) is 55.7 Å². The third kappa shape index (κ3) is 4.89. The number of anilines is 1. The summed E-state index contributed by atoms with van der Waals surface area (Å²) in [5.74, 6) is 0.412. The Morgan fingerprint density at radius 3 is 2.48 bits per heavy atom. The minimum absolute atomic E-state index is 0.0333. The van der Waals surface area contributed by atoms with Crippen molar-refractivity contribution in [2.24, 2.45) is 0 Å². The van der Waals surface area contributed by atoms with E-state index in [2.05, 4.69) is 19.9 Å². The van der Waals surface area contributed by atoms with Crippen molar-refractivity contribution < 1.29 is 18.0 Å². The molecule has 4 rings (SSSR count). The number of halogens is 3. The first-order valence-corrected chi connectivity index (χ1v) is 9.98. The quantitative estimate of drug-likeness (QED) is 0.481. The SMILES string of the molecule is CC(c1ncccn1)N(Cc1ccc(C(F)(F)F)cn1)C(=O)c1ccc2nc(N)ccc2c1. The summed E-state index contributed by atoms with van der Waals surface area (Å²) in [4.78, 5) is 31.6. The number of hydrogen-bond acceptors (Lipinski definition) is 6. The summed E-state index contributed by atoms with van der Waals surface area (Å²) in [5, 5.41) is 0.728. The Morgan fingerprint density at radius 1 is 1.06 bits per heavy atom. The molecule has 4 aromatic rings. The van der Waals surface area contributed by atoms with Crippen LogP contribution in [0.5, 0.6) is 0 Å². The van der Waals surface area contributed by atoms with Gasteiger partial charge in [0.1, 0.15) is 11.6 Å². The van der Waals surface area contributed by atoms with E-state index >= 15 is 0 Å².